The molecule has 1 aromatic carbocycles. The Bertz CT molecular complexity index is 436. The monoisotopic (exact) mass is 276 g/mol. The lowest BCUT2D eigenvalue weighted by molar-refractivity contribution is 0.889. The molecule has 104 valence electrons. The minimum Gasteiger partial charge on any atom is -0.383 e. The standard InChI is InChI=1S/C16H24N2S/c1-4-17-16-9-14(11-19-12(2)3)7-8-15(16)18-10-13-5-6-13/h4,7-9,12-13,18H,5-6,10-11H2,1-3H3. The van der Waals surface area contributed by atoms with Crippen LogP contribution in [0.1, 0.15) is 39.2 Å². The van der Waals surface area contributed by atoms with Crippen LogP contribution in [0, 0.1) is 5.92 Å². The minimum atomic E-state index is 0.672. The summed E-state index contributed by atoms with van der Waals surface area (Å²) in [6.07, 6.45) is 4.63. The van der Waals surface area contributed by atoms with Crippen molar-refractivity contribution >= 4 is 29.4 Å². The summed E-state index contributed by atoms with van der Waals surface area (Å²) in [4.78, 5) is 4.50. The maximum atomic E-state index is 4.50. The Morgan fingerprint density at radius 2 is 2.21 bits per heavy atom. The fourth-order valence-electron chi connectivity index (χ4n) is 1.90. The third kappa shape index (κ3) is 4.90. The summed E-state index contributed by atoms with van der Waals surface area (Å²) in [7, 11) is 0. The largest absolute Gasteiger partial charge is 0.383 e. The number of benzene rings is 1. The maximum Gasteiger partial charge on any atom is 0.0859 e. The smallest absolute Gasteiger partial charge is 0.0859 e. The molecule has 2 rings (SSSR count). The topological polar surface area (TPSA) is 24.4 Å². The fraction of sp³-hybridized carbons (Fsp3) is 0.562. The van der Waals surface area contributed by atoms with Gasteiger partial charge in [0.05, 0.1) is 11.4 Å². The van der Waals surface area contributed by atoms with Crippen molar-refractivity contribution in [2.75, 3.05) is 11.9 Å². The van der Waals surface area contributed by atoms with E-state index < -0.39 is 0 Å². The second-order valence-corrected chi connectivity index (χ2v) is 6.99. The molecular formula is C16H24N2S. The first-order valence-electron chi connectivity index (χ1n) is 7.16. The predicted molar refractivity (Wildman–Crippen MR) is 87.9 cm³/mol. The van der Waals surface area contributed by atoms with E-state index in [1.807, 2.05) is 24.9 Å². The molecular weight excluding hydrogens is 252 g/mol. The maximum absolute atomic E-state index is 4.50. The molecule has 1 aliphatic carbocycles. The lowest BCUT2D eigenvalue weighted by atomic mass is 10.2. The number of aliphatic imine (C=N–C) groups is 1. The molecule has 0 radical (unpaired) electrons. The van der Waals surface area contributed by atoms with E-state index in [1.165, 1.54) is 24.1 Å². The van der Waals surface area contributed by atoms with Crippen molar-refractivity contribution < 1.29 is 0 Å². The van der Waals surface area contributed by atoms with Gasteiger partial charge in [0.2, 0.25) is 0 Å². The van der Waals surface area contributed by atoms with Gasteiger partial charge in [-0.15, -0.1) is 0 Å². The van der Waals surface area contributed by atoms with Crippen molar-refractivity contribution in [1.82, 2.24) is 0 Å². The van der Waals surface area contributed by atoms with Crippen molar-refractivity contribution in [1.29, 1.82) is 0 Å². The molecule has 0 aliphatic heterocycles. The number of anilines is 1. The van der Waals surface area contributed by atoms with E-state index in [9.17, 15) is 0 Å². The molecule has 1 aromatic rings. The second-order valence-electron chi connectivity index (χ2n) is 5.42. The first kappa shape index (κ1) is 14.4. The van der Waals surface area contributed by atoms with E-state index in [1.54, 1.807) is 0 Å². The highest BCUT2D eigenvalue weighted by Gasteiger charge is 2.20. The highest BCUT2D eigenvalue weighted by Crippen LogP contribution is 2.32. The summed E-state index contributed by atoms with van der Waals surface area (Å²) in [6, 6.07) is 6.62. The van der Waals surface area contributed by atoms with Crippen LogP contribution in [0.4, 0.5) is 11.4 Å². The molecule has 0 saturated heterocycles. The zero-order valence-corrected chi connectivity index (χ0v) is 13.0. The van der Waals surface area contributed by atoms with Gasteiger partial charge in [0.25, 0.3) is 0 Å². The molecule has 0 heterocycles. The molecule has 2 nitrogen and oxygen atoms in total. The van der Waals surface area contributed by atoms with Gasteiger partial charge in [0, 0.05) is 18.5 Å². The molecule has 19 heavy (non-hydrogen) atoms. The van der Waals surface area contributed by atoms with E-state index >= 15 is 0 Å². The second kappa shape index (κ2) is 6.99. The van der Waals surface area contributed by atoms with Crippen molar-refractivity contribution in [2.24, 2.45) is 10.9 Å². The molecule has 3 heteroatoms. The van der Waals surface area contributed by atoms with Gasteiger partial charge in [-0.3, -0.25) is 4.99 Å². The van der Waals surface area contributed by atoms with Crippen LogP contribution in [0.2, 0.25) is 0 Å². The molecule has 1 N–H and O–H groups in total. The van der Waals surface area contributed by atoms with Gasteiger partial charge in [0.1, 0.15) is 0 Å². The Hall–Kier alpha value is -0.960. The van der Waals surface area contributed by atoms with Gasteiger partial charge in [-0.1, -0.05) is 19.9 Å². The molecule has 1 aliphatic rings. The van der Waals surface area contributed by atoms with E-state index in [2.05, 4.69) is 42.4 Å². The zero-order chi connectivity index (χ0) is 13.7. The Morgan fingerprint density at radius 1 is 1.42 bits per heavy atom. The number of nitrogens with zero attached hydrogens (tertiary/aromatic N) is 1. The van der Waals surface area contributed by atoms with Crippen LogP contribution in [-0.4, -0.2) is 18.0 Å². The van der Waals surface area contributed by atoms with E-state index in [0.717, 1.165) is 23.9 Å². The Balaban J connectivity index is 2.04. The molecule has 0 spiro atoms. The third-order valence-electron chi connectivity index (χ3n) is 3.19. The average molecular weight is 276 g/mol. The lowest BCUT2D eigenvalue weighted by Crippen LogP contribution is -2.03. The number of thioether (sulfide) groups is 1. The van der Waals surface area contributed by atoms with E-state index in [-0.39, 0.29) is 0 Å². The molecule has 0 aromatic heterocycles. The van der Waals surface area contributed by atoms with Crippen molar-refractivity contribution in [3.8, 4) is 0 Å². The van der Waals surface area contributed by atoms with Gasteiger partial charge < -0.3 is 5.32 Å². The molecule has 0 amide bonds. The minimum absolute atomic E-state index is 0.672. The van der Waals surface area contributed by atoms with Gasteiger partial charge >= 0.3 is 0 Å². The van der Waals surface area contributed by atoms with Crippen molar-refractivity contribution in [2.45, 2.75) is 44.6 Å². The van der Waals surface area contributed by atoms with Crippen LogP contribution in [0.25, 0.3) is 0 Å². The molecule has 0 atom stereocenters. The Morgan fingerprint density at radius 3 is 2.84 bits per heavy atom. The normalized spacial score (nSPS) is 15.4. The highest BCUT2D eigenvalue weighted by atomic mass is 32.2. The van der Waals surface area contributed by atoms with Crippen LogP contribution in [0.15, 0.2) is 23.2 Å². The van der Waals surface area contributed by atoms with E-state index in [0.29, 0.717) is 5.25 Å². The summed E-state index contributed by atoms with van der Waals surface area (Å²) in [5, 5.41) is 4.20. The fourth-order valence-corrected chi connectivity index (χ4v) is 2.61. The van der Waals surface area contributed by atoms with Crippen LogP contribution in [-0.2, 0) is 5.75 Å². The van der Waals surface area contributed by atoms with Gasteiger partial charge in [0.15, 0.2) is 0 Å². The zero-order valence-electron chi connectivity index (χ0n) is 12.1. The number of hydrogen-bond donors (Lipinski definition) is 1. The van der Waals surface area contributed by atoms with Crippen LogP contribution < -0.4 is 5.32 Å². The third-order valence-corrected chi connectivity index (χ3v) is 4.36. The number of nitrogens with one attached hydrogen (secondary N) is 1. The Kier molecular flexibility index (Phi) is 5.32. The van der Waals surface area contributed by atoms with Gasteiger partial charge in [-0.05, 0) is 48.6 Å². The van der Waals surface area contributed by atoms with Crippen molar-refractivity contribution in [3.05, 3.63) is 23.8 Å². The number of hydrogen-bond acceptors (Lipinski definition) is 3. The molecule has 0 unspecified atom stereocenters. The summed E-state index contributed by atoms with van der Waals surface area (Å²) in [6.45, 7) is 7.54. The van der Waals surface area contributed by atoms with Gasteiger partial charge in [-0.2, -0.15) is 11.8 Å². The average Bonchev–Trinajstić information content (AvgIpc) is 3.19. The molecule has 1 fully saturated rings. The summed E-state index contributed by atoms with van der Waals surface area (Å²) < 4.78 is 0. The SMILES string of the molecule is CC=Nc1cc(CSC(C)C)ccc1NCC1CC1. The summed E-state index contributed by atoms with van der Waals surface area (Å²) in [5.74, 6) is 1.95. The predicted octanol–water partition coefficient (Wildman–Crippen LogP) is 4.87. The van der Waals surface area contributed by atoms with Crippen LogP contribution >= 0.6 is 11.8 Å². The lowest BCUT2D eigenvalue weighted by Gasteiger charge is -2.11. The molecule has 1 saturated carbocycles. The van der Waals surface area contributed by atoms with Crippen molar-refractivity contribution in [3.63, 3.8) is 0 Å². The first-order chi connectivity index (χ1) is 9.19. The number of rotatable bonds is 7. The molecule has 0 bridgehead atoms. The summed E-state index contributed by atoms with van der Waals surface area (Å²) >= 11 is 1.97. The van der Waals surface area contributed by atoms with Crippen LogP contribution in [0.3, 0.4) is 0 Å². The first-order valence-corrected chi connectivity index (χ1v) is 8.21. The Labute approximate surface area is 121 Å². The highest BCUT2D eigenvalue weighted by molar-refractivity contribution is 7.99. The quantitative estimate of drug-likeness (QED) is 0.718. The van der Waals surface area contributed by atoms with Crippen LogP contribution in [0.5, 0.6) is 0 Å². The van der Waals surface area contributed by atoms with Gasteiger partial charge in [-0.25, -0.2) is 0 Å². The van der Waals surface area contributed by atoms with E-state index in [4.69, 9.17) is 0 Å². The summed E-state index contributed by atoms with van der Waals surface area (Å²) in [5.41, 5.74) is 3.60.